The maximum Gasteiger partial charge on any atom is 0.241 e. The van der Waals surface area contributed by atoms with Crippen LogP contribution in [0.4, 0.5) is 0 Å². The van der Waals surface area contributed by atoms with Crippen molar-refractivity contribution in [2.24, 2.45) is 11.8 Å². The van der Waals surface area contributed by atoms with E-state index in [9.17, 15) is 0 Å². The SMILES string of the molecule is Cc1nccc(-c2ccc(-c3noc(CN4CC5CCCCC5C4)n3)cc2)n1. The number of nitrogens with zero attached hydrogens (tertiary/aromatic N) is 5. The first-order valence-electron chi connectivity index (χ1n) is 10.2. The van der Waals surface area contributed by atoms with E-state index in [1.54, 1.807) is 6.20 Å². The summed E-state index contributed by atoms with van der Waals surface area (Å²) in [5.74, 6) is 3.87. The number of rotatable bonds is 4. The Morgan fingerprint density at radius 1 is 0.964 bits per heavy atom. The van der Waals surface area contributed by atoms with E-state index in [4.69, 9.17) is 4.52 Å². The van der Waals surface area contributed by atoms with Gasteiger partial charge in [0.1, 0.15) is 5.82 Å². The molecular weight excluding hydrogens is 350 g/mol. The van der Waals surface area contributed by atoms with Crippen molar-refractivity contribution in [3.05, 3.63) is 48.2 Å². The van der Waals surface area contributed by atoms with E-state index >= 15 is 0 Å². The van der Waals surface area contributed by atoms with Gasteiger partial charge in [0.25, 0.3) is 0 Å². The summed E-state index contributed by atoms with van der Waals surface area (Å²) >= 11 is 0. The lowest BCUT2D eigenvalue weighted by Crippen LogP contribution is -2.20. The lowest BCUT2D eigenvalue weighted by atomic mass is 9.82. The maximum atomic E-state index is 5.54. The molecule has 0 spiro atoms. The van der Waals surface area contributed by atoms with Gasteiger partial charge in [-0.25, -0.2) is 9.97 Å². The van der Waals surface area contributed by atoms with Gasteiger partial charge in [-0.05, 0) is 37.7 Å². The Kier molecular flexibility index (Phi) is 4.64. The Bertz CT molecular complexity index is 938. The summed E-state index contributed by atoms with van der Waals surface area (Å²) in [6, 6.07) is 10.0. The van der Waals surface area contributed by atoms with Crippen LogP contribution in [0.25, 0.3) is 22.6 Å². The van der Waals surface area contributed by atoms with Crippen molar-refractivity contribution in [2.45, 2.75) is 39.2 Å². The molecule has 0 N–H and O–H groups in total. The second-order valence-electron chi connectivity index (χ2n) is 8.08. The smallest absolute Gasteiger partial charge is 0.241 e. The van der Waals surface area contributed by atoms with Crippen LogP contribution in [-0.4, -0.2) is 38.1 Å². The van der Waals surface area contributed by atoms with Gasteiger partial charge in [0.05, 0.1) is 12.2 Å². The molecule has 2 atom stereocenters. The fourth-order valence-electron chi connectivity index (χ4n) is 4.67. The number of likely N-dealkylation sites (tertiary alicyclic amines) is 1. The van der Waals surface area contributed by atoms with Gasteiger partial charge in [-0.2, -0.15) is 4.98 Å². The Labute approximate surface area is 165 Å². The predicted molar refractivity (Wildman–Crippen MR) is 106 cm³/mol. The zero-order valence-electron chi connectivity index (χ0n) is 16.2. The third kappa shape index (κ3) is 3.56. The van der Waals surface area contributed by atoms with Gasteiger partial charge in [-0.3, -0.25) is 4.90 Å². The molecule has 0 radical (unpaired) electrons. The fraction of sp³-hybridized carbons (Fsp3) is 0.455. The Hall–Kier alpha value is -2.60. The van der Waals surface area contributed by atoms with Gasteiger partial charge in [-0.15, -0.1) is 0 Å². The third-order valence-electron chi connectivity index (χ3n) is 6.09. The van der Waals surface area contributed by atoms with Crippen molar-refractivity contribution in [1.82, 2.24) is 25.0 Å². The lowest BCUT2D eigenvalue weighted by molar-refractivity contribution is 0.258. The molecule has 5 rings (SSSR count). The lowest BCUT2D eigenvalue weighted by Gasteiger charge is -2.23. The van der Waals surface area contributed by atoms with Crippen LogP contribution in [0.1, 0.15) is 37.4 Å². The van der Waals surface area contributed by atoms with Crippen LogP contribution in [-0.2, 0) is 6.54 Å². The second-order valence-corrected chi connectivity index (χ2v) is 8.08. The minimum absolute atomic E-state index is 0.650. The van der Waals surface area contributed by atoms with Crippen LogP contribution in [0.3, 0.4) is 0 Å². The Morgan fingerprint density at radius 3 is 2.39 bits per heavy atom. The predicted octanol–water partition coefficient (Wildman–Crippen LogP) is 4.12. The van der Waals surface area contributed by atoms with Crippen LogP contribution >= 0.6 is 0 Å². The van der Waals surface area contributed by atoms with E-state index in [0.717, 1.165) is 41.0 Å². The van der Waals surface area contributed by atoms with E-state index in [1.807, 2.05) is 37.3 Å². The molecule has 1 aromatic carbocycles. The van der Waals surface area contributed by atoms with E-state index in [-0.39, 0.29) is 0 Å². The largest absolute Gasteiger partial charge is 0.338 e. The quantitative estimate of drug-likeness (QED) is 0.683. The molecule has 1 aliphatic heterocycles. The van der Waals surface area contributed by atoms with Crippen molar-refractivity contribution in [3.63, 3.8) is 0 Å². The molecular formula is C22H25N5O. The number of benzene rings is 1. The Balaban J connectivity index is 1.27. The maximum absolute atomic E-state index is 5.54. The summed E-state index contributed by atoms with van der Waals surface area (Å²) in [5, 5.41) is 4.20. The third-order valence-corrected chi connectivity index (χ3v) is 6.09. The van der Waals surface area contributed by atoms with Crippen LogP contribution in [0.2, 0.25) is 0 Å². The van der Waals surface area contributed by atoms with Gasteiger partial charge in [0, 0.05) is 30.4 Å². The average Bonchev–Trinajstić information content (AvgIpc) is 3.35. The zero-order valence-corrected chi connectivity index (χ0v) is 16.2. The van der Waals surface area contributed by atoms with Gasteiger partial charge in [0.2, 0.25) is 11.7 Å². The summed E-state index contributed by atoms with van der Waals surface area (Å²) in [4.78, 5) is 15.7. The van der Waals surface area contributed by atoms with E-state index < -0.39 is 0 Å². The molecule has 1 aliphatic carbocycles. The summed E-state index contributed by atoms with van der Waals surface area (Å²) in [7, 11) is 0. The minimum atomic E-state index is 0.650. The molecule has 2 unspecified atom stereocenters. The van der Waals surface area contributed by atoms with E-state index in [2.05, 4.69) is 25.0 Å². The summed E-state index contributed by atoms with van der Waals surface area (Å²) in [5.41, 5.74) is 2.93. The highest BCUT2D eigenvalue weighted by Crippen LogP contribution is 2.36. The molecule has 2 aromatic heterocycles. The normalized spacial score (nSPS) is 22.3. The fourth-order valence-corrected chi connectivity index (χ4v) is 4.67. The Morgan fingerprint density at radius 2 is 1.68 bits per heavy atom. The molecule has 1 saturated heterocycles. The molecule has 3 aromatic rings. The molecule has 0 bridgehead atoms. The van der Waals surface area contributed by atoms with Crippen LogP contribution in [0.5, 0.6) is 0 Å². The van der Waals surface area contributed by atoms with Crippen LogP contribution in [0, 0.1) is 18.8 Å². The first kappa shape index (κ1) is 17.5. The molecule has 144 valence electrons. The standard InChI is InChI=1S/C22H25N5O/c1-15-23-11-10-20(24-15)16-6-8-17(9-7-16)22-25-21(28-26-22)14-27-12-18-4-2-3-5-19(18)13-27/h6-11,18-19H,2-5,12-14H2,1H3. The number of aromatic nitrogens is 4. The van der Waals surface area contributed by atoms with E-state index in [1.165, 1.54) is 38.8 Å². The summed E-state index contributed by atoms with van der Waals surface area (Å²) < 4.78 is 5.54. The van der Waals surface area contributed by atoms with Crippen molar-refractivity contribution in [1.29, 1.82) is 0 Å². The highest BCUT2D eigenvalue weighted by Gasteiger charge is 2.34. The monoisotopic (exact) mass is 375 g/mol. The van der Waals surface area contributed by atoms with Crippen molar-refractivity contribution in [3.8, 4) is 22.6 Å². The highest BCUT2D eigenvalue weighted by molar-refractivity contribution is 5.64. The number of hydrogen-bond acceptors (Lipinski definition) is 6. The van der Waals surface area contributed by atoms with Crippen molar-refractivity contribution < 1.29 is 4.52 Å². The molecule has 0 amide bonds. The topological polar surface area (TPSA) is 67.9 Å². The highest BCUT2D eigenvalue weighted by atomic mass is 16.5. The average molecular weight is 375 g/mol. The number of aryl methyl sites for hydroxylation is 1. The van der Waals surface area contributed by atoms with Gasteiger partial charge >= 0.3 is 0 Å². The number of fused-ring (bicyclic) bond motifs is 1. The molecule has 3 heterocycles. The molecule has 1 saturated carbocycles. The van der Waals surface area contributed by atoms with Crippen molar-refractivity contribution in [2.75, 3.05) is 13.1 Å². The first-order valence-corrected chi connectivity index (χ1v) is 10.2. The summed E-state index contributed by atoms with van der Waals surface area (Å²) in [6.45, 7) is 5.01. The summed E-state index contributed by atoms with van der Waals surface area (Å²) in [6.07, 6.45) is 7.34. The molecule has 6 heteroatoms. The molecule has 6 nitrogen and oxygen atoms in total. The van der Waals surface area contributed by atoms with Gasteiger partial charge in [0.15, 0.2) is 0 Å². The molecule has 2 aliphatic rings. The zero-order chi connectivity index (χ0) is 18.9. The van der Waals surface area contributed by atoms with Crippen molar-refractivity contribution >= 4 is 0 Å². The second kappa shape index (κ2) is 7.43. The molecule has 2 fully saturated rings. The number of hydrogen-bond donors (Lipinski definition) is 0. The first-order chi connectivity index (χ1) is 13.7. The van der Waals surface area contributed by atoms with Crippen LogP contribution in [0.15, 0.2) is 41.1 Å². The van der Waals surface area contributed by atoms with Crippen LogP contribution < -0.4 is 0 Å². The van der Waals surface area contributed by atoms with Gasteiger partial charge < -0.3 is 4.52 Å². The molecule has 28 heavy (non-hydrogen) atoms. The minimum Gasteiger partial charge on any atom is -0.338 e. The van der Waals surface area contributed by atoms with Gasteiger partial charge in [-0.1, -0.05) is 42.3 Å². The van der Waals surface area contributed by atoms with E-state index in [0.29, 0.717) is 11.7 Å².